The molecule has 1 aromatic carbocycles. The van der Waals surface area contributed by atoms with E-state index in [0.717, 1.165) is 57.4 Å². The standard InChI is InChI=1S/C22H40N4O2.HI/c1-7-27-21(18(2)3)13-14-24-22(23-4)25-17-19-9-11-20(12-10-19)28-16-8-15-26(5)6;/h9-12,18,21H,7-8,13-17H2,1-6H3,(H2,23,24,25);1H. The predicted molar refractivity (Wildman–Crippen MR) is 134 cm³/mol. The number of halogens is 1. The Bertz CT molecular complexity index is 550. The first-order valence-corrected chi connectivity index (χ1v) is 10.4. The number of rotatable bonds is 13. The molecule has 1 aromatic rings. The summed E-state index contributed by atoms with van der Waals surface area (Å²) in [6, 6.07) is 8.23. The van der Waals surface area contributed by atoms with E-state index in [0.29, 0.717) is 5.92 Å². The molecule has 0 spiro atoms. The van der Waals surface area contributed by atoms with Gasteiger partial charge in [-0.25, -0.2) is 0 Å². The van der Waals surface area contributed by atoms with E-state index in [4.69, 9.17) is 9.47 Å². The van der Waals surface area contributed by atoms with Crippen molar-refractivity contribution in [1.29, 1.82) is 0 Å². The highest BCUT2D eigenvalue weighted by Crippen LogP contribution is 2.12. The van der Waals surface area contributed by atoms with Crippen molar-refractivity contribution in [3.8, 4) is 5.75 Å². The fourth-order valence-electron chi connectivity index (χ4n) is 2.84. The maximum Gasteiger partial charge on any atom is 0.191 e. The first kappa shape index (κ1) is 27.9. The molecule has 0 saturated carbocycles. The Morgan fingerprint density at radius 1 is 1.14 bits per heavy atom. The van der Waals surface area contributed by atoms with Crippen molar-refractivity contribution in [2.75, 3.05) is 47.4 Å². The van der Waals surface area contributed by atoms with Gasteiger partial charge in [0.2, 0.25) is 0 Å². The van der Waals surface area contributed by atoms with Crippen LogP contribution in [-0.2, 0) is 11.3 Å². The van der Waals surface area contributed by atoms with E-state index in [1.54, 1.807) is 7.05 Å². The first-order valence-electron chi connectivity index (χ1n) is 10.4. The second kappa shape index (κ2) is 16.7. The van der Waals surface area contributed by atoms with E-state index in [1.165, 1.54) is 5.56 Å². The van der Waals surface area contributed by atoms with Crippen molar-refractivity contribution in [2.45, 2.75) is 46.3 Å². The van der Waals surface area contributed by atoms with Crippen molar-refractivity contribution in [3.63, 3.8) is 0 Å². The minimum Gasteiger partial charge on any atom is -0.494 e. The number of aliphatic imine (C=N–C) groups is 1. The molecule has 29 heavy (non-hydrogen) atoms. The van der Waals surface area contributed by atoms with Gasteiger partial charge >= 0.3 is 0 Å². The molecule has 2 N–H and O–H groups in total. The van der Waals surface area contributed by atoms with E-state index < -0.39 is 0 Å². The van der Waals surface area contributed by atoms with E-state index in [2.05, 4.69) is 60.6 Å². The van der Waals surface area contributed by atoms with E-state index in [-0.39, 0.29) is 30.1 Å². The number of nitrogens with zero attached hydrogens (tertiary/aromatic N) is 2. The lowest BCUT2D eigenvalue weighted by molar-refractivity contribution is 0.0258. The molecular weight excluding hydrogens is 479 g/mol. The number of guanidine groups is 1. The van der Waals surface area contributed by atoms with Gasteiger partial charge < -0.3 is 25.0 Å². The molecule has 0 bridgehead atoms. The first-order chi connectivity index (χ1) is 13.5. The van der Waals surface area contributed by atoms with Crippen LogP contribution in [0.25, 0.3) is 0 Å². The Balaban J connectivity index is 0.00000784. The maximum absolute atomic E-state index is 5.79. The SMILES string of the molecule is CCOC(CCNC(=NC)NCc1ccc(OCCCN(C)C)cc1)C(C)C.I. The highest BCUT2D eigenvalue weighted by atomic mass is 127. The minimum absolute atomic E-state index is 0. The summed E-state index contributed by atoms with van der Waals surface area (Å²) in [7, 11) is 5.95. The van der Waals surface area contributed by atoms with Crippen LogP contribution in [0.15, 0.2) is 29.3 Å². The Morgan fingerprint density at radius 2 is 1.83 bits per heavy atom. The topological polar surface area (TPSA) is 58.1 Å². The van der Waals surface area contributed by atoms with Crippen LogP contribution in [0, 0.1) is 5.92 Å². The molecule has 0 aliphatic rings. The average molecular weight is 521 g/mol. The molecule has 0 heterocycles. The molecule has 0 radical (unpaired) electrons. The van der Waals surface area contributed by atoms with Gasteiger partial charge in [0.25, 0.3) is 0 Å². The highest BCUT2D eigenvalue weighted by Gasteiger charge is 2.12. The van der Waals surface area contributed by atoms with Crippen LogP contribution >= 0.6 is 24.0 Å². The third kappa shape index (κ3) is 13.0. The summed E-state index contributed by atoms with van der Waals surface area (Å²) in [5, 5.41) is 6.73. The maximum atomic E-state index is 5.79. The van der Waals surface area contributed by atoms with E-state index in [9.17, 15) is 0 Å². The monoisotopic (exact) mass is 520 g/mol. The smallest absolute Gasteiger partial charge is 0.191 e. The second-order valence-electron chi connectivity index (χ2n) is 7.53. The quantitative estimate of drug-likeness (QED) is 0.180. The van der Waals surface area contributed by atoms with Crippen molar-refractivity contribution in [1.82, 2.24) is 15.5 Å². The van der Waals surface area contributed by atoms with E-state index in [1.807, 2.05) is 19.1 Å². The van der Waals surface area contributed by atoms with Gasteiger partial charge in [0.1, 0.15) is 5.75 Å². The zero-order chi connectivity index (χ0) is 20.8. The minimum atomic E-state index is 0. The van der Waals surface area contributed by atoms with Crippen molar-refractivity contribution in [3.05, 3.63) is 29.8 Å². The van der Waals surface area contributed by atoms with Gasteiger partial charge in [-0.15, -0.1) is 24.0 Å². The zero-order valence-electron chi connectivity index (χ0n) is 19.0. The number of ether oxygens (including phenoxy) is 2. The fourth-order valence-corrected chi connectivity index (χ4v) is 2.84. The summed E-state index contributed by atoms with van der Waals surface area (Å²) in [6.07, 6.45) is 2.27. The summed E-state index contributed by atoms with van der Waals surface area (Å²) < 4.78 is 11.6. The lowest BCUT2D eigenvalue weighted by Gasteiger charge is -2.21. The van der Waals surface area contributed by atoms with Gasteiger partial charge in [0, 0.05) is 33.3 Å². The van der Waals surface area contributed by atoms with Gasteiger partial charge in [-0.3, -0.25) is 4.99 Å². The van der Waals surface area contributed by atoms with Gasteiger partial charge in [0.15, 0.2) is 5.96 Å². The summed E-state index contributed by atoms with van der Waals surface area (Å²) in [4.78, 5) is 6.46. The van der Waals surface area contributed by atoms with Crippen LogP contribution in [0.3, 0.4) is 0 Å². The predicted octanol–water partition coefficient (Wildman–Crippen LogP) is 3.75. The molecule has 0 aliphatic carbocycles. The Kier molecular flexibility index (Phi) is 16.1. The number of nitrogens with one attached hydrogen (secondary N) is 2. The van der Waals surface area contributed by atoms with Crippen LogP contribution in [0.5, 0.6) is 5.75 Å². The molecule has 1 rings (SSSR count). The molecule has 6 nitrogen and oxygen atoms in total. The molecule has 7 heteroatoms. The lowest BCUT2D eigenvalue weighted by atomic mass is 10.0. The summed E-state index contributed by atoms with van der Waals surface area (Å²) in [5.41, 5.74) is 1.19. The highest BCUT2D eigenvalue weighted by molar-refractivity contribution is 14.0. The Morgan fingerprint density at radius 3 is 2.38 bits per heavy atom. The number of hydrogen-bond acceptors (Lipinski definition) is 4. The third-order valence-electron chi connectivity index (χ3n) is 4.47. The Hall–Kier alpha value is -1.06. The van der Waals surface area contributed by atoms with Gasteiger partial charge in [-0.05, 0) is 57.5 Å². The molecule has 1 unspecified atom stereocenters. The summed E-state index contributed by atoms with van der Waals surface area (Å²) >= 11 is 0. The van der Waals surface area contributed by atoms with Crippen LogP contribution in [0.1, 0.15) is 39.2 Å². The number of benzene rings is 1. The largest absolute Gasteiger partial charge is 0.494 e. The van der Waals surface area contributed by atoms with Crippen molar-refractivity contribution >= 4 is 29.9 Å². The fraction of sp³-hybridized carbons (Fsp3) is 0.682. The van der Waals surface area contributed by atoms with Crippen molar-refractivity contribution in [2.24, 2.45) is 10.9 Å². The van der Waals surface area contributed by atoms with E-state index >= 15 is 0 Å². The lowest BCUT2D eigenvalue weighted by Crippen LogP contribution is -2.38. The normalized spacial score (nSPS) is 12.6. The molecule has 0 saturated heterocycles. The molecule has 0 fully saturated rings. The van der Waals surface area contributed by atoms with Crippen LogP contribution in [0.4, 0.5) is 0 Å². The summed E-state index contributed by atoms with van der Waals surface area (Å²) in [5.74, 6) is 2.24. The molecule has 0 aliphatic heterocycles. The van der Waals surface area contributed by atoms with Gasteiger partial charge in [-0.1, -0.05) is 26.0 Å². The number of hydrogen-bond donors (Lipinski definition) is 2. The third-order valence-corrected chi connectivity index (χ3v) is 4.47. The molecule has 0 amide bonds. The Labute approximate surface area is 194 Å². The second-order valence-corrected chi connectivity index (χ2v) is 7.53. The van der Waals surface area contributed by atoms with Crippen LogP contribution in [-0.4, -0.2) is 64.4 Å². The van der Waals surface area contributed by atoms with Crippen molar-refractivity contribution < 1.29 is 9.47 Å². The molecule has 168 valence electrons. The molecule has 1 atom stereocenters. The van der Waals surface area contributed by atoms with Gasteiger partial charge in [0.05, 0.1) is 12.7 Å². The molecular formula is C22H41IN4O2. The van der Waals surface area contributed by atoms with Crippen LogP contribution in [0.2, 0.25) is 0 Å². The zero-order valence-corrected chi connectivity index (χ0v) is 21.4. The molecule has 0 aromatic heterocycles. The summed E-state index contributed by atoms with van der Waals surface area (Å²) in [6.45, 7) is 10.5. The average Bonchev–Trinajstić information content (AvgIpc) is 2.67. The van der Waals surface area contributed by atoms with Crippen LogP contribution < -0.4 is 15.4 Å². The van der Waals surface area contributed by atoms with Gasteiger partial charge in [-0.2, -0.15) is 0 Å².